The second-order valence-corrected chi connectivity index (χ2v) is 9.83. The van der Waals surface area contributed by atoms with Gasteiger partial charge in [-0.3, -0.25) is 0 Å². The molecule has 0 aromatic heterocycles. The Morgan fingerprint density at radius 2 is 0.548 bits per heavy atom. The molecule has 0 unspecified atom stereocenters. The van der Waals surface area contributed by atoms with Crippen LogP contribution in [0.3, 0.4) is 0 Å². The molecule has 0 aromatic rings. The van der Waals surface area contributed by atoms with Crippen molar-refractivity contribution in [2.45, 2.75) is 174 Å². The molecule has 184 valence electrons. The molecule has 0 fully saturated rings. The van der Waals surface area contributed by atoms with Crippen LogP contribution in [0.25, 0.3) is 0 Å². The van der Waals surface area contributed by atoms with Gasteiger partial charge in [-0.05, 0) is 32.1 Å². The number of rotatable bonds is 26. The van der Waals surface area contributed by atoms with Gasteiger partial charge in [0.25, 0.3) is 0 Å². The summed E-state index contributed by atoms with van der Waals surface area (Å²) in [4.78, 5) is 0. The average Bonchev–Trinajstić information content (AvgIpc) is 2.78. The van der Waals surface area contributed by atoms with Gasteiger partial charge >= 0.3 is 0 Å². The largest absolute Gasteiger partial charge is 0.0882 e. The summed E-state index contributed by atoms with van der Waals surface area (Å²) in [5.74, 6) is 0. The molecule has 0 heteroatoms. The molecule has 0 heterocycles. The van der Waals surface area contributed by atoms with Crippen molar-refractivity contribution in [3.8, 4) is 0 Å². The Bertz CT molecular complexity index is 351. The highest BCUT2D eigenvalue weighted by molar-refractivity contribution is 4.92. The maximum Gasteiger partial charge on any atom is -0.0169 e. The zero-order valence-corrected chi connectivity index (χ0v) is 22.0. The number of hydrogen-bond acceptors (Lipinski definition) is 0. The minimum absolute atomic E-state index is 1.13. The molecular weight excluding hydrogens is 372 g/mol. The lowest BCUT2D eigenvalue weighted by Crippen LogP contribution is -1.83. The highest BCUT2D eigenvalue weighted by Crippen LogP contribution is 2.13. The van der Waals surface area contributed by atoms with Crippen LogP contribution in [0.4, 0.5) is 0 Å². The molecule has 0 aliphatic heterocycles. The maximum atomic E-state index is 2.40. The second kappa shape index (κ2) is 29.5. The van der Waals surface area contributed by atoms with Crippen LogP contribution in [0.15, 0.2) is 24.3 Å². The van der Waals surface area contributed by atoms with Gasteiger partial charge in [0.1, 0.15) is 0 Å². The van der Waals surface area contributed by atoms with Crippen LogP contribution in [0.5, 0.6) is 0 Å². The van der Waals surface area contributed by atoms with Crippen LogP contribution in [-0.4, -0.2) is 0 Å². The zero-order chi connectivity index (χ0) is 22.5. The van der Waals surface area contributed by atoms with Crippen molar-refractivity contribution in [3.05, 3.63) is 24.3 Å². The molecule has 0 saturated heterocycles. The first-order valence-electron chi connectivity index (χ1n) is 14.7. The van der Waals surface area contributed by atoms with E-state index in [1.54, 1.807) is 0 Å². The number of allylic oxidation sites excluding steroid dienone is 4. The predicted octanol–water partition coefficient (Wildman–Crippen LogP) is 11.9. The van der Waals surface area contributed by atoms with Crippen molar-refractivity contribution in [2.75, 3.05) is 0 Å². The van der Waals surface area contributed by atoms with E-state index in [0.29, 0.717) is 0 Å². The highest BCUT2D eigenvalue weighted by Gasteiger charge is 1.94. The number of hydrogen-bond donors (Lipinski definition) is 0. The van der Waals surface area contributed by atoms with Gasteiger partial charge in [-0.25, -0.2) is 0 Å². The maximum absolute atomic E-state index is 2.40. The molecular formula is C31H60. The van der Waals surface area contributed by atoms with Crippen LogP contribution in [0.1, 0.15) is 174 Å². The molecule has 0 saturated carbocycles. The second-order valence-electron chi connectivity index (χ2n) is 9.83. The Morgan fingerprint density at radius 1 is 0.290 bits per heavy atom. The minimum atomic E-state index is 1.13. The quantitative estimate of drug-likeness (QED) is 0.0941. The summed E-state index contributed by atoms with van der Waals surface area (Å²) < 4.78 is 0. The van der Waals surface area contributed by atoms with E-state index in [4.69, 9.17) is 0 Å². The van der Waals surface area contributed by atoms with Crippen LogP contribution >= 0.6 is 0 Å². The lowest BCUT2D eigenvalue weighted by atomic mass is 10.0. The molecule has 0 nitrogen and oxygen atoms in total. The monoisotopic (exact) mass is 432 g/mol. The topological polar surface area (TPSA) is 0 Å². The molecule has 0 rings (SSSR count). The molecule has 0 N–H and O–H groups in total. The van der Waals surface area contributed by atoms with E-state index >= 15 is 0 Å². The Balaban J connectivity index is 3.13. The van der Waals surface area contributed by atoms with Gasteiger partial charge in [0.2, 0.25) is 0 Å². The smallest absolute Gasteiger partial charge is 0.0169 e. The fourth-order valence-electron chi connectivity index (χ4n) is 4.36. The van der Waals surface area contributed by atoms with Gasteiger partial charge in [0.05, 0.1) is 0 Å². The standard InChI is InChI=1S/C31H60/c1-3-5-7-9-11-13-15-17-19-21-23-25-27-29-31-30-28-26-24-22-20-18-16-14-12-10-8-6-4-2/h21,23,27,29H,3-20,22,24-26,28,30-31H2,1-2H3. The first kappa shape index (κ1) is 30.5. The normalized spacial score (nSPS) is 11.9. The lowest BCUT2D eigenvalue weighted by Gasteiger charge is -2.02. The minimum Gasteiger partial charge on any atom is -0.0882 e. The predicted molar refractivity (Wildman–Crippen MR) is 145 cm³/mol. The Morgan fingerprint density at radius 3 is 0.839 bits per heavy atom. The summed E-state index contributed by atoms with van der Waals surface area (Å²) in [6.07, 6.45) is 44.9. The molecule has 0 aliphatic rings. The van der Waals surface area contributed by atoms with Crippen LogP contribution < -0.4 is 0 Å². The van der Waals surface area contributed by atoms with E-state index in [1.807, 2.05) is 0 Å². The van der Waals surface area contributed by atoms with Gasteiger partial charge in [0, 0.05) is 0 Å². The fourth-order valence-corrected chi connectivity index (χ4v) is 4.36. The first-order chi connectivity index (χ1) is 15.4. The highest BCUT2D eigenvalue weighted by atomic mass is 14.0. The van der Waals surface area contributed by atoms with E-state index in [2.05, 4.69) is 38.2 Å². The van der Waals surface area contributed by atoms with Crippen LogP contribution in [-0.2, 0) is 0 Å². The first-order valence-corrected chi connectivity index (χ1v) is 14.7. The van der Waals surface area contributed by atoms with Crippen LogP contribution in [0, 0.1) is 0 Å². The SMILES string of the molecule is CCCCCCCCCCC=CCC=CCCCCCCCCCCCCCCCC. The van der Waals surface area contributed by atoms with Crippen molar-refractivity contribution in [3.63, 3.8) is 0 Å². The van der Waals surface area contributed by atoms with Gasteiger partial charge < -0.3 is 0 Å². The molecule has 0 aliphatic carbocycles. The summed E-state index contributed by atoms with van der Waals surface area (Å²) in [7, 11) is 0. The molecule has 0 amide bonds. The molecule has 0 aromatic carbocycles. The van der Waals surface area contributed by atoms with Gasteiger partial charge in [-0.15, -0.1) is 0 Å². The van der Waals surface area contributed by atoms with E-state index in [1.165, 1.54) is 154 Å². The average molecular weight is 433 g/mol. The summed E-state index contributed by atoms with van der Waals surface area (Å²) in [5, 5.41) is 0. The van der Waals surface area contributed by atoms with Gasteiger partial charge in [-0.1, -0.05) is 167 Å². The number of unbranched alkanes of at least 4 members (excludes halogenated alkanes) is 22. The van der Waals surface area contributed by atoms with Crippen LogP contribution in [0.2, 0.25) is 0 Å². The Hall–Kier alpha value is -0.520. The summed E-state index contributed by atoms with van der Waals surface area (Å²) in [5.41, 5.74) is 0. The van der Waals surface area contributed by atoms with E-state index in [-0.39, 0.29) is 0 Å². The fraction of sp³-hybridized carbons (Fsp3) is 0.871. The van der Waals surface area contributed by atoms with Crippen molar-refractivity contribution < 1.29 is 0 Å². The van der Waals surface area contributed by atoms with Crippen molar-refractivity contribution in [1.82, 2.24) is 0 Å². The molecule has 0 spiro atoms. The van der Waals surface area contributed by atoms with E-state index in [9.17, 15) is 0 Å². The van der Waals surface area contributed by atoms with Crippen molar-refractivity contribution >= 4 is 0 Å². The third-order valence-electron chi connectivity index (χ3n) is 6.55. The van der Waals surface area contributed by atoms with Crippen molar-refractivity contribution in [2.24, 2.45) is 0 Å². The molecule has 0 bridgehead atoms. The third-order valence-corrected chi connectivity index (χ3v) is 6.55. The summed E-state index contributed by atoms with van der Waals surface area (Å²) in [6.45, 7) is 4.59. The van der Waals surface area contributed by atoms with E-state index in [0.717, 1.165) is 6.42 Å². The Kier molecular flexibility index (Phi) is 29.0. The van der Waals surface area contributed by atoms with E-state index < -0.39 is 0 Å². The van der Waals surface area contributed by atoms with Gasteiger partial charge in [-0.2, -0.15) is 0 Å². The van der Waals surface area contributed by atoms with Gasteiger partial charge in [0.15, 0.2) is 0 Å². The zero-order valence-electron chi connectivity index (χ0n) is 22.0. The summed E-state index contributed by atoms with van der Waals surface area (Å²) >= 11 is 0. The molecule has 31 heavy (non-hydrogen) atoms. The Labute approximate surface area is 198 Å². The third kappa shape index (κ3) is 29.5. The lowest BCUT2D eigenvalue weighted by molar-refractivity contribution is 0.536. The molecule has 0 atom stereocenters. The van der Waals surface area contributed by atoms with Crippen molar-refractivity contribution in [1.29, 1.82) is 0 Å². The molecule has 0 radical (unpaired) electrons. The summed E-state index contributed by atoms with van der Waals surface area (Å²) in [6, 6.07) is 0.